The van der Waals surface area contributed by atoms with Gasteiger partial charge in [0.05, 0.1) is 29.2 Å². The van der Waals surface area contributed by atoms with E-state index in [1.54, 1.807) is 6.07 Å². The molecular weight excluding hydrogens is 407 g/mol. The van der Waals surface area contributed by atoms with Gasteiger partial charge < -0.3 is 19.6 Å². The number of nitrogens with one attached hydrogen (secondary N) is 1. The maximum atomic E-state index is 12.1. The Balaban J connectivity index is 1.45. The second-order valence-corrected chi connectivity index (χ2v) is 7.34. The predicted molar refractivity (Wildman–Crippen MR) is 104 cm³/mol. The summed E-state index contributed by atoms with van der Waals surface area (Å²) in [6.07, 6.45) is -0.154. The van der Waals surface area contributed by atoms with Crippen LogP contribution in [-0.4, -0.2) is 54.2 Å². The van der Waals surface area contributed by atoms with Crippen LogP contribution in [0.15, 0.2) is 34.7 Å². The minimum atomic E-state index is -1.16. The number of halogens is 2. The lowest BCUT2D eigenvalue weighted by Gasteiger charge is -2.33. The summed E-state index contributed by atoms with van der Waals surface area (Å²) >= 11 is 12.0. The third-order valence-electron chi connectivity index (χ3n) is 4.35. The van der Waals surface area contributed by atoms with E-state index < -0.39 is 5.97 Å². The fourth-order valence-electron chi connectivity index (χ4n) is 2.98. The number of hydrogen-bond acceptors (Lipinski definition) is 5. The van der Waals surface area contributed by atoms with Gasteiger partial charge >= 0.3 is 5.97 Å². The maximum Gasteiger partial charge on any atom is 0.371 e. The quantitative estimate of drug-likeness (QED) is 0.706. The van der Waals surface area contributed by atoms with Gasteiger partial charge in [0.1, 0.15) is 5.76 Å². The molecule has 1 saturated heterocycles. The second-order valence-electron chi connectivity index (χ2n) is 6.53. The van der Waals surface area contributed by atoms with Crippen LogP contribution in [0.4, 0.5) is 0 Å². The highest BCUT2D eigenvalue weighted by Gasteiger charge is 2.21. The number of carboxylic acid groups (broad SMARTS) is 1. The average molecular weight is 427 g/mol. The number of hydrogen-bond donors (Lipinski definition) is 2. The largest absolute Gasteiger partial charge is 0.475 e. The van der Waals surface area contributed by atoms with E-state index in [1.165, 1.54) is 12.1 Å². The molecule has 2 heterocycles. The summed E-state index contributed by atoms with van der Waals surface area (Å²) in [7, 11) is 0. The van der Waals surface area contributed by atoms with Gasteiger partial charge in [-0.1, -0.05) is 29.3 Å². The number of carboxylic acids is 1. The lowest BCUT2D eigenvalue weighted by Crippen LogP contribution is -2.47. The van der Waals surface area contributed by atoms with Crippen LogP contribution in [0.25, 0.3) is 0 Å². The first-order valence-corrected chi connectivity index (χ1v) is 9.53. The van der Waals surface area contributed by atoms with Crippen molar-refractivity contribution in [2.24, 2.45) is 0 Å². The number of furan rings is 1. The Labute approximate surface area is 172 Å². The number of carbonyl (C=O) groups excluding carboxylic acids is 1. The monoisotopic (exact) mass is 426 g/mol. The molecule has 1 aliphatic heterocycles. The number of nitrogens with zero attached hydrogens (tertiary/aromatic N) is 1. The molecule has 9 heteroatoms. The highest BCUT2D eigenvalue weighted by atomic mass is 35.5. The molecule has 0 unspecified atom stereocenters. The summed E-state index contributed by atoms with van der Waals surface area (Å²) in [5.74, 6) is -1.29. The van der Waals surface area contributed by atoms with Gasteiger partial charge in [-0.2, -0.15) is 0 Å². The smallest absolute Gasteiger partial charge is 0.371 e. The van der Waals surface area contributed by atoms with Crippen molar-refractivity contribution in [3.63, 3.8) is 0 Å². The minimum Gasteiger partial charge on any atom is -0.475 e. The van der Waals surface area contributed by atoms with Gasteiger partial charge in [-0.15, -0.1) is 0 Å². The first-order valence-electron chi connectivity index (χ1n) is 8.77. The van der Waals surface area contributed by atoms with Crippen molar-refractivity contribution in [2.75, 3.05) is 26.2 Å². The topological polar surface area (TPSA) is 92.0 Å². The number of ether oxygens (including phenoxy) is 1. The van der Waals surface area contributed by atoms with E-state index >= 15 is 0 Å². The molecule has 0 bridgehead atoms. The highest BCUT2D eigenvalue weighted by Crippen LogP contribution is 2.23. The molecule has 150 valence electrons. The Morgan fingerprint density at radius 1 is 1.21 bits per heavy atom. The summed E-state index contributed by atoms with van der Waals surface area (Å²) < 4.78 is 10.8. The molecule has 0 saturated carbocycles. The van der Waals surface area contributed by atoms with E-state index in [9.17, 15) is 9.59 Å². The van der Waals surface area contributed by atoms with Gasteiger partial charge in [0.25, 0.3) is 0 Å². The van der Waals surface area contributed by atoms with Gasteiger partial charge in [0.2, 0.25) is 11.7 Å². The second kappa shape index (κ2) is 9.43. The summed E-state index contributed by atoms with van der Waals surface area (Å²) in [6.45, 7) is 3.11. The van der Waals surface area contributed by atoms with Crippen molar-refractivity contribution < 1.29 is 23.8 Å². The van der Waals surface area contributed by atoms with E-state index in [1.807, 2.05) is 12.1 Å². The molecule has 1 aromatic carbocycles. The van der Waals surface area contributed by atoms with E-state index in [2.05, 4.69) is 10.2 Å². The number of amides is 1. The van der Waals surface area contributed by atoms with Gasteiger partial charge in [0, 0.05) is 26.2 Å². The van der Waals surface area contributed by atoms with E-state index in [4.69, 9.17) is 37.5 Å². The van der Waals surface area contributed by atoms with Crippen LogP contribution >= 0.6 is 23.2 Å². The van der Waals surface area contributed by atoms with Crippen LogP contribution in [-0.2, 0) is 22.5 Å². The lowest BCUT2D eigenvalue weighted by atomic mass is 10.2. The molecule has 1 aliphatic rings. The van der Waals surface area contributed by atoms with Crippen LogP contribution in [0.3, 0.4) is 0 Å². The van der Waals surface area contributed by atoms with Crippen LogP contribution in [0, 0.1) is 0 Å². The molecule has 1 aromatic heterocycles. The Morgan fingerprint density at radius 2 is 2.04 bits per heavy atom. The summed E-state index contributed by atoms with van der Waals surface area (Å²) in [6, 6.07) is 8.39. The zero-order valence-corrected chi connectivity index (χ0v) is 16.5. The van der Waals surface area contributed by atoms with Gasteiger partial charge in [0.15, 0.2) is 0 Å². The molecule has 3 rings (SSSR count). The van der Waals surface area contributed by atoms with Crippen LogP contribution in [0.5, 0.6) is 0 Å². The number of morpholine rings is 1. The fourth-order valence-corrected chi connectivity index (χ4v) is 3.30. The molecule has 0 spiro atoms. The summed E-state index contributed by atoms with van der Waals surface area (Å²) in [5, 5.41) is 12.7. The van der Waals surface area contributed by atoms with E-state index in [0.29, 0.717) is 35.5 Å². The van der Waals surface area contributed by atoms with Crippen molar-refractivity contribution >= 4 is 35.1 Å². The number of rotatable bonds is 7. The molecule has 1 amide bonds. The molecule has 2 aromatic rings. The Kier molecular flexibility index (Phi) is 6.96. The molecular formula is C19H20Cl2N2O5. The zero-order chi connectivity index (χ0) is 20.1. The van der Waals surface area contributed by atoms with Gasteiger partial charge in [-0.25, -0.2) is 4.79 Å². The molecule has 28 heavy (non-hydrogen) atoms. The SMILES string of the molecule is O=C(Cc1ccc(C(=O)O)o1)NC[C@H]1CN(Cc2ccc(Cl)c(Cl)c2)CCO1. The predicted octanol–water partition coefficient (Wildman–Crippen LogP) is 2.84. The fraction of sp³-hybridized carbons (Fsp3) is 0.368. The maximum absolute atomic E-state index is 12.1. The van der Waals surface area contributed by atoms with Crippen molar-refractivity contribution in [1.82, 2.24) is 10.2 Å². The molecule has 1 fully saturated rings. The Bertz CT molecular complexity index is 855. The molecule has 7 nitrogen and oxygen atoms in total. The van der Waals surface area contributed by atoms with E-state index in [-0.39, 0.29) is 24.2 Å². The third-order valence-corrected chi connectivity index (χ3v) is 5.09. The molecule has 1 atom stereocenters. The summed E-state index contributed by atoms with van der Waals surface area (Å²) in [4.78, 5) is 25.1. The van der Waals surface area contributed by atoms with Crippen LogP contribution in [0.2, 0.25) is 10.0 Å². The van der Waals surface area contributed by atoms with Crippen LogP contribution < -0.4 is 5.32 Å². The standard InChI is InChI=1S/C19H20Cl2N2O5/c20-15-3-1-12(7-16(15)21)10-23-5-6-27-14(11-23)9-22-18(24)8-13-2-4-17(28-13)19(25)26/h1-4,7,14H,5-6,8-11H2,(H,22,24)(H,25,26)/t14-/m0/s1. The average Bonchev–Trinajstić information content (AvgIpc) is 3.12. The molecule has 2 N–H and O–H groups in total. The minimum absolute atomic E-state index is 0.0208. The van der Waals surface area contributed by atoms with Crippen molar-refractivity contribution in [2.45, 2.75) is 19.1 Å². The third kappa shape index (κ3) is 5.72. The summed E-state index contributed by atoms with van der Waals surface area (Å²) in [5.41, 5.74) is 1.06. The van der Waals surface area contributed by atoms with Crippen molar-refractivity contribution in [3.05, 3.63) is 57.5 Å². The van der Waals surface area contributed by atoms with E-state index in [0.717, 1.165) is 18.7 Å². The Hall–Kier alpha value is -2.06. The van der Waals surface area contributed by atoms with Crippen molar-refractivity contribution in [3.8, 4) is 0 Å². The van der Waals surface area contributed by atoms with Crippen molar-refractivity contribution in [1.29, 1.82) is 0 Å². The first-order chi connectivity index (χ1) is 13.4. The molecule has 0 aliphatic carbocycles. The number of aromatic carboxylic acids is 1. The van der Waals surface area contributed by atoms with Gasteiger partial charge in [-0.3, -0.25) is 9.69 Å². The highest BCUT2D eigenvalue weighted by molar-refractivity contribution is 6.42. The first kappa shape index (κ1) is 20.7. The molecule has 0 radical (unpaired) electrons. The lowest BCUT2D eigenvalue weighted by molar-refractivity contribution is -0.122. The number of carbonyl (C=O) groups is 2. The number of benzene rings is 1. The Morgan fingerprint density at radius 3 is 2.75 bits per heavy atom. The van der Waals surface area contributed by atoms with Gasteiger partial charge in [-0.05, 0) is 29.8 Å². The van der Waals surface area contributed by atoms with Crippen LogP contribution in [0.1, 0.15) is 21.9 Å². The zero-order valence-electron chi connectivity index (χ0n) is 15.0. The normalized spacial score (nSPS) is 17.4.